The van der Waals surface area contributed by atoms with Crippen LogP contribution in [0.15, 0.2) is 60.8 Å². The maximum Gasteiger partial charge on any atom is 0.416 e. The smallest absolute Gasteiger partial charge is 0.416 e. The molecule has 0 spiro atoms. The van der Waals surface area contributed by atoms with Crippen LogP contribution in [0.3, 0.4) is 0 Å². The van der Waals surface area contributed by atoms with E-state index < -0.39 is 23.2 Å². The Morgan fingerprint density at radius 3 is 2.30 bits per heavy atom. The highest BCUT2D eigenvalue weighted by molar-refractivity contribution is 6.31. The summed E-state index contributed by atoms with van der Waals surface area (Å²) in [5.74, 6) is -0.641. The highest BCUT2D eigenvalue weighted by Gasteiger charge is 2.46. The molecule has 2 aromatic carbocycles. The van der Waals surface area contributed by atoms with Gasteiger partial charge in [-0.3, -0.25) is 4.79 Å². The number of carbonyl (C=O) groups is 2. The number of hydrogen-bond donors (Lipinski definition) is 2. The average Bonchev–Trinajstić information content (AvgIpc) is 3.61. The number of nitrogens with one attached hydrogen (secondary N) is 1. The van der Waals surface area contributed by atoms with Crippen LogP contribution in [-0.4, -0.2) is 41.2 Å². The van der Waals surface area contributed by atoms with Crippen LogP contribution in [0.5, 0.6) is 5.75 Å². The number of carbonyl (C=O) groups excluding carboxylic acids is 1. The summed E-state index contributed by atoms with van der Waals surface area (Å²) >= 11 is 6.14. The molecule has 37 heavy (non-hydrogen) atoms. The quantitative estimate of drug-likeness (QED) is 0.439. The fourth-order valence-corrected chi connectivity index (χ4v) is 4.44. The van der Waals surface area contributed by atoms with Gasteiger partial charge in [0.2, 0.25) is 0 Å². The molecular formula is C26H21ClF3N3O4. The first-order valence-electron chi connectivity index (χ1n) is 11.4. The second kappa shape index (κ2) is 9.26. The number of anilines is 1. The third-order valence-electron chi connectivity index (χ3n) is 6.50. The molecule has 7 nitrogen and oxygen atoms in total. The standard InChI is InChI=1S/C26H21ClF3N3O4/c27-18-11-21(23(34)32-25(9-10-25)16-3-1-15(2-4-16)24(35)36)22(31-12-18)33-13-20(14-33)37-19-7-5-17(6-8-19)26(28,29)30/h1-8,11-12,20H,9-10,13-14H2,(H,32,34)(H,35,36). The van der Waals surface area contributed by atoms with Crippen LogP contribution in [0, 0.1) is 0 Å². The largest absolute Gasteiger partial charge is 0.487 e. The molecule has 1 amide bonds. The molecule has 2 fully saturated rings. The minimum atomic E-state index is -4.41. The van der Waals surface area contributed by atoms with Gasteiger partial charge in [-0.15, -0.1) is 0 Å². The Labute approximate surface area is 214 Å². The average molecular weight is 532 g/mol. The number of pyridine rings is 1. The highest BCUT2D eigenvalue weighted by Crippen LogP contribution is 2.46. The van der Waals surface area contributed by atoms with E-state index in [0.29, 0.717) is 42.5 Å². The van der Waals surface area contributed by atoms with Crippen LogP contribution in [0.1, 0.15) is 44.7 Å². The molecule has 1 aromatic heterocycles. The molecule has 192 valence electrons. The van der Waals surface area contributed by atoms with Crippen molar-refractivity contribution in [2.45, 2.75) is 30.7 Å². The van der Waals surface area contributed by atoms with Crippen molar-refractivity contribution < 1.29 is 32.6 Å². The van der Waals surface area contributed by atoms with Gasteiger partial charge in [-0.1, -0.05) is 23.7 Å². The van der Waals surface area contributed by atoms with E-state index in [0.717, 1.165) is 17.7 Å². The van der Waals surface area contributed by atoms with Crippen molar-refractivity contribution in [2.24, 2.45) is 0 Å². The summed E-state index contributed by atoms with van der Waals surface area (Å²) in [5.41, 5.74) is -0.0673. The van der Waals surface area contributed by atoms with Crippen molar-refractivity contribution in [2.75, 3.05) is 18.0 Å². The first kappa shape index (κ1) is 24.9. The number of aromatic carboxylic acids is 1. The number of carboxylic acid groups (broad SMARTS) is 1. The van der Waals surface area contributed by atoms with Gasteiger partial charge in [-0.25, -0.2) is 9.78 Å². The molecular weight excluding hydrogens is 511 g/mol. The van der Waals surface area contributed by atoms with Gasteiger partial charge in [0.15, 0.2) is 0 Å². The fraction of sp³-hybridized carbons (Fsp3) is 0.269. The van der Waals surface area contributed by atoms with Crippen LogP contribution >= 0.6 is 11.6 Å². The number of hydrogen-bond acceptors (Lipinski definition) is 5. The highest BCUT2D eigenvalue weighted by atomic mass is 35.5. The number of benzene rings is 2. The van der Waals surface area contributed by atoms with Crippen LogP contribution in [0.4, 0.5) is 19.0 Å². The van der Waals surface area contributed by atoms with Crippen molar-refractivity contribution in [3.8, 4) is 5.75 Å². The number of rotatable bonds is 7. The van der Waals surface area contributed by atoms with Crippen molar-refractivity contribution in [3.05, 3.63) is 88.1 Å². The molecule has 2 heterocycles. The van der Waals surface area contributed by atoms with Gasteiger partial charge >= 0.3 is 12.1 Å². The topological polar surface area (TPSA) is 91.8 Å². The number of ether oxygens (including phenoxy) is 1. The molecule has 1 aliphatic heterocycles. The zero-order valence-corrected chi connectivity index (χ0v) is 20.0. The molecule has 2 aliphatic rings. The summed E-state index contributed by atoms with van der Waals surface area (Å²) in [7, 11) is 0. The third-order valence-corrected chi connectivity index (χ3v) is 6.70. The molecule has 5 rings (SSSR count). The van der Waals surface area contributed by atoms with E-state index in [1.807, 2.05) is 4.90 Å². The molecule has 1 aliphatic carbocycles. The van der Waals surface area contributed by atoms with E-state index in [2.05, 4.69) is 10.3 Å². The van der Waals surface area contributed by atoms with Crippen molar-refractivity contribution in [1.29, 1.82) is 0 Å². The predicted octanol–water partition coefficient (Wildman–Crippen LogP) is 5.14. The molecule has 0 unspecified atom stereocenters. The second-order valence-corrected chi connectivity index (χ2v) is 9.55. The van der Waals surface area contributed by atoms with Crippen LogP contribution in [0.25, 0.3) is 0 Å². The lowest BCUT2D eigenvalue weighted by Crippen LogP contribution is -2.55. The van der Waals surface area contributed by atoms with E-state index in [4.69, 9.17) is 21.4 Å². The molecule has 0 radical (unpaired) electrons. The summed E-state index contributed by atoms with van der Waals surface area (Å²) in [4.78, 5) is 30.6. The Bertz CT molecular complexity index is 1340. The van der Waals surface area contributed by atoms with E-state index >= 15 is 0 Å². The number of nitrogens with zero attached hydrogens (tertiary/aromatic N) is 2. The van der Waals surface area contributed by atoms with Gasteiger partial charge in [-0.05, 0) is 60.9 Å². The van der Waals surface area contributed by atoms with Gasteiger partial charge in [0.1, 0.15) is 17.7 Å². The van der Waals surface area contributed by atoms with Crippen molar-refractivity contribution in [1.82, 2.24) is 10.3 Å². The van der Waals surface area contributed by atoms with Crippen molar-refractivity contribution in [3.63, 3.8) is 0 Å². The SMILES string of the molecule is O=C(O)c1ccc(C2(NC(=O)c3cc(Cl)cnc3N3CC(Oc4ccc(C(F)(F)F)cc4)C3)CC2)cc1. The number of alkyl halides is 3. The summed E-state index contributed by atoms with van der Waals surface area (Å²) in [6, 6.07) is 12.5. The molecule has 3 aromatic rings. The minimum absolute atomic E-state index is 0.165. The molecule has 1 saturated heterocycles. The maximum absolute atomic E-state index is 13.3. The Hall–Kier alpha value is -3.79. The Kier molecular flexibility index (Phi) is 6.23. The Morgan fingerprint density at radius 1 is 1.08 bits per heavy atom. The lowest BCUT2D eigenvalue weighted by atomic mass is 10.0. The van der Waals surface area contributed by atoms with Gasteiger partial charge in [-0.2, -0.15) is 13.2 Å². The molecule has 1 saturated carbocycles. The number of amides is 1. The monoisotopic (exact) mass is 531 g/mol. The first-order valence-corrected chi connectivity index (χ1v) is 11.8. The summed E-state index contributed by atoms with van der Waals surface area (Å²) in [5, 5.41) is 12.5. The van der Waals surface area contributed by atoms with Gasteiger partial charge in [0.05, 0.1) is 40.3 Å². The predicted molar refractivity (Wildman–Crippen MR) is 129 cm³/mol. The van der Waals surface area contributed by atoms with Gasteiger partial charge in [0, 0.05) is 6.20 Å². The van der Waals surface area contributed by atoms with Crippen LogP contribution < -0.4 is 15.0 Å². The van der Waals surface area contributed by atoms with E-state index in [9.17, 15) is 22.8 Å². The van der Waals surface area contributed by atoms with Crippen molar-refractivity contribution >= 4 is 29.3 Å². The van der Waals surface area contributed by atoms with Crippen LogP contribution in [-0.2, 0) is 11.7 Å². The molecule has 11 heteroatoms. The summed E-state index contributed by atoms with van der Waals surface area (Å²) < 4.78 is 44.0. The summed E-state index contributed by atoms with van der Waals surface area (Å²) in [6.07, 6.45) is -1.84. The van der Waals surface area contributed by atoms with E-state index in [1.54, 1.807) is 12.1 Å². The summed E-state index contributed by atoms with van der Waals surface area (Å²) in [6.45, 7) is 0.773. The lowest BCUT2D eigenvalue weighted by Gasteiger charge is -2.40. The zero-order chi connectivity index (χ0) is 26.4. The van der Waals surface area contributed by atoms with E-state index in [-0.39, 0.29) is 23.1 Å². The number of halogens is 4. The number of carboxylic acids is 1. The minimum Gasteiger partial charge on any atom is -0.487 e. The lowest BCUT2D eigenvalue weighted by molar-refractivity contribution is -0.137. The van der Waals surface area contributed by atoms with Gasteiger partial charge < -0.3 is 20.1 Å². The first-order chi connectivity index (χ1) is 17.5. The van der Waals surface area contributed by atoms with Gasteiger partial charge in [0.25, 0.3) is 5.91 Å². The Balaban J connectivity index is 1.26. The third kappa shape index (κ3) is 5.20. The Morgan fingerprint density at radius 2 is 1.73 bits per heavy atom. The second-order valence-electron chi connectivity index (χ2n) is 9.11. The normalized spacial score (nSPS) is 16.6. The fourth-order valence-electron chi connectivity index (χ4n) is 4.28. The zero-order valence-electron chi connectivity index (χ0n) is 19.3. The maximum atomic E-state index is 13.3. The van der Waals surface area contributed by atoms with Crippen LogP contribution in [0.2, 0.25) is 5.02 Å². The molecule has 0 atom stereocenters. The van der Waals surface area contributed by atoms with E-state index in [1.165, 1.54) is 36.5 Å². The molecule has 0 bridgehead atoms. The molecule has 2 N–H and O–H groups in total. The number of aromatic nitrogens is 1.